The molecule has 1 aliphatic rings. The van der Waals surface area contributed by atoms with Crippen molar-refractivity contribution in [2.24, 2.45) is 5.92 Å². The monoisotopic (exact) mass is 466 g/mol. The van der Waals surface area contributed by atoms with Crippen LogP contribution in [0.5, 0.6) is 0 Å². The summed E-state index contributed by atoms with van der Waals surface area (Å²) in [5.74, 6) is 0.810. The molecule has 1 aliphatic carbocycles. The molecule has 1 N–H and O–H groups in total. The number of carbonyl (C=O) groups is 2. The molecule has 2 aromatic carbocycles. The lowest BCUT2D eigenvalue weighted by atomic mass is 10.1. The highest BCUT2D eigenvalue weighted by molar-refractivity contribution is 7.91. The standard InChI is InChI=1S/C25H26N2O5S/c1-27(16-22-3-2-14-32-22)25(29)20-8-10-21(11-9-20)26-24(28)15-18-6-12-23(13-7-18)33(30,31)17-19-4-5-19/h2-3,6-14,19H,4-5,15-17H2,1H3,(H,26,28). The maximum atomic E-state index is 12.6. The summed E-state index contributed by atoms with van der Waals surface area (Å²) in [7, 11) is -1.56. The highest BCUT2D eigenvalue weighted by Crippen LogP contribution is 2.32. The molecule has 0 spiro atoms. The van der Waals surface area contributed by atoms with Gasteiger partial charge in [-0.25, -0.2) is 8.42 Å². The molecule has 1 heterocycles. The summed E-state index contributed by atoms with van der Waals surface area (Å²) in [6.07, 6.45) is 3.65. The Hall–Kier alpha value is -3.39. The SMILES string of the molecule is CN(Cc1ccco1)C(=O)c1ccc(NC(=O)Cc2ccc(S(=O)(=O)CC3CC3)cc2)cc1. The zero-order chi connectivity index (χ0) is 23.4. The van der Waals surface area contributed by atoms with E-state index in [2.05, 4.69) is 5.32 Å². The van der Waals surface area contributed by atoms with Crippen molar-refractivity contribution in [3.05, 3.63) is 83.8 Å². The molecular weight excluding hydrogens is 440 g/mol. The van der Waals surface area contributed by atoms with Gasteiger partial charge in [0.2, 0.25) is 5.91 Å². The third-order valence-electron chi connectivity index (χ3n) is 5.53. The Morgan fingerprint density at radius 3 is 2.33 bits per heavy atom. The van der Waals surface area contributed by atoms with E-state index in [9.17, 15) is 18.0 Å². The molecule has 172 valence electrons. The Morgan fingerprint density at radius 2 is 1.73 bits per heavy atom. The van der Waals surface area contributed by atoms with Gasteiger partial charge >= 0.3 is 0 Å². The van der Waals surface area contributed by atoms with Gasteiger partial charge in [-0.2, -0.15) is 0 Å². The van der Waals surface area contributed by atoms with Crippen molar-refractivity contribution in [2.45, 2.75) is 30.7 Å². The number of hydrogen-bond donors (Lipinski definition) is 1. The summed E-state index contributed by atoms with van der Waals surface area (Å²) in [5.41, 5.74) is 1.81. The van der Waals surface area contributed by atoms with Crippen LogP contribution in [0.3, 0.4) is 0 Å². The first-order valence-electron chi connectivity index (χ1n) is 10.8. The molecule has 7 nitrogen and oxygen atoms in total. The number of sulfone groups is 1. The molecule has 0 atom stereocenters. The highest BCUT2D eigenvalue weighted by atomic mass is 32.2. The summed E-state index contributed by atoms with van der Waals surface area (Å²) < 4.78 is 30.0. The summed E-state index contributed by atoms with van der Waals surface area (Å²) in [5, 5.41) is 2.80. The molecule has 8 heteroatoms. The number of hydrogen-bond acceptors (Lipinski definition) is 5. The molecule has 1 fully saturated rings. The first kappa shape index (κ1) is 22.8. The number of carbonyl (C=O) groups excluding carboxylic acids is 2. The van der Waals surface area contributed by atoms with Crippen LogP contribution in [0.1, 0.15) is 34.5 Å². The van der Waals surface area contributed by atoms with Crippen LogP contribution < -0.4 is 5.32 Å². The second-order valence-electron chi connectivity index (χ2n) is 8.41. The van der Waals surface area contributed by atoms with Crippen LogP contribution in [0.2, 0.25) is 0 Å². The maximum absolute atomic E-state index is 12.6. The van der Waals surface area contributed by atoms with Crippen molar-refractivity contribution in [1.29, 1.82) is 0 Å². The van der Waals surface area contributed by atoms with Crippen LogP contribution in [0, 0.1) is 5.92 Å². The smallest absolute Gasteiger partial charge is 0.254 e. The molecule has 0 saturated heterocycles. The van der Waals surface area contributed by atoms with Crippen molar-refractivity contribution in [3.8, 4) is 0 Å². The third kappa shape index (κ3) is 6.10. The van der Waals surface area contributed by atoms with Gasteiger partial charge < -0.3 is 14.6 Å². The van der Waals surface area contributed by atoms with Gasteiger partial charge in [0.05, 0.1) is 29.9 Å². The lowest BCUT2D eigenvalue weighted by Crippen LogP contribution is -2.26. The highest BCUT2D eigenvalue weighted by Gasteiger charge is 2.29. The normalized spacial score (nSPS) is 13.5. The average Bonchev–Trinajstić information content (AvgIpc) is 3.44. The van der Waals surface area contributed by atoms with Gasteiger partial charge in [-0.1, -0.05) is 12.1 Å². The van der Waals surface area contributed by atoms with Crippen LogP contribution in [0.25, 0.3) is 0 Å². The van der Waals surface area contributed by atoms with E-state index in [0.29, 0.717) is 34.4 Å². The van der Waals surface area contributed by atoms with Crippen molar-refractivity contribution < 1.29 is 22.4 Å². The predicted octanol–water partition coefficient (Wildman–Crippen LogP) is 3.92. The van der Waals surface area contributed by atoms with E-state index in [1.54, 1.807) is 72.8 Å². The van der Waals surface area contributed by atoms with Crippen molar-refractivity contribution in [3.63, 3.8) is 0 Å². The van der Waals surface area contributed by atoms with Crippen LogP contribution in [0.4, 0.5) is 5.69 Å². The minimum absolute atomic E-state index is 0.121. The minimum Gasteiger partial charge on any atom is -0.467 e. The van der Waals surface area contributed by atoms with E-state index in [1.165, 1.54) is 0 Å². The number of nitrogens with one attached hydrogen (secondary N) is 1. The molecule has 1 aromatic heterocycles. The molecular formula is C25H26N2O5S. The number of benzene rings is 2. The van der Waals surface area contributed by atoms with Crippen molar-refractivity contribution in [2.75, 3.05) is 18.1 Å². The minimum atomic E-state index is -3.26. The Labute approximate surface area is 193 Å². The quantitative estimate of drug-likeness (QED) is 0.516. The Kier molecular flexibility index (Phi) is 6.65. The van der Waals surface area contributed by atoms with E-state index in [-0.39, 0.29) is 24.0 Å². The molecule has 2 amide bonds. The number of anilines is 1. The second kappa shape index (κ2) is 9.62. The van der Waals surface area contributed by atoms with E-state index in [0.717, 1.165) is 18.4 Å². The van der Waals surface area contributed by atoms with E-state index in [1.807, 2.05) is 6.07 Å². The van der Waals surface area contributed by atoms with Crippen LogP contribution in [-0.4, -0.2) is 37.9 Å². The first-order chi connectivity index (χ1) is 15.8. The van der Waals surface area contributed by atoms with Crippen molar-refractivity contribution >= 4 is 27.3 Å². The molecule has 0 aliphatic heterocycles. The molecule has 0 unspecified atom stereocenters. The number of furan rings is 1. The average molecular weight is 467 g/mol. The van der Waals surface area contributed by atoms with E-state index >= 15 is 0 Å². The Morgan fingerprint density at radius 1 is 1.03 bits per heavy atom. The molecule has 0 bridgehead atoms. The zero-order valence-electron chi connectivity index (χ0n) is 18.4. The van der Waals surface area contributed by atoms with Crippen LogP contribution in [0.15, 0.2) is 76.2 Å². The van der Waals surface area contributed by atoms with Crippen LogP contribution >= 0.6 is 0 Å². The predicted molar refractivity (Wildman–Crippen MR) is 125 cm³/mol. The maximum Gasteiger partial charge on any atom is 0.254 e. The molecule has 0 radical (unpaired) electrons. The van der Waals surface area contributed by atoms with Gasteiger partial charge in [0, 0.05) is 18.3 Å². The number of rotatable bonds is 9. The summed E-state index contributed by atoms with van der Waals surface area (Å²) in [4.78, 5) is 26.8. The largest absolute Gasteiger partial charge is 0.467 e. The van der Waals surface area contributed by atoms with Crippen molar-refractivity contribution in [1.82, 2.24) is 4.90 Å². The van der Waals surface area contributed by atoms with Gasteiger partial charge in [0.15, 0.2) is 9.84 Å². The van der Waals surface area contributed by atoms with Gasteiger partial charge in [-0.3, -0.25) is 9.59 Å². The molecule has 33 heavy (non-hydrogen) atoms. The van der Waals surface area contributed by atoms with Crippen LogP contribution in [-0.2, 0) is 27.6 Å². The lowest BCUT2D eigenvalue weighted by molar-refractivity contribution is -0.115. The molecule has 1 saturated carbocycles. The summed E-state index contributed by atoms with van der Waals surface area (Å²) in [6, 6.07) is 16.8. The third-order valence-corrected chi connectivity index (χ3v) is 7.44. The second-order valence-corrected chi connectivity index (χ2v) is 10.4. The number of amides is 2. The van der Waals surface area contributed by atoms with Gasteiger partial charge in [-0.05, 0) is 72.9 Å². The topological polar surface area (TPSA) is 96.7 Å². The summed E-state index contributed by atoms with van der Waals surface area (Å²) in [6.45, 7) is 0.366. The van der Waals surface area contributed by atoms with Gasteiger partial charge in [0.25, 0.3) is 5.91 Å². The fraction of sp³-hybridized carbons (Fsp3) is 0.280. The van der Waals surface area contributed by atoms with Gasteiger partial charge in [-0.15, -0.1) is 0 Å². The zero-order valence-corrected chi connectivity index (χ0v) is 19.2. The lowest BCUT2D eigenvalue weighted by Gasteiger charge is -2.16. The molecule has 4 rings (SSSR count). The fourth-order valence-electron chi connectivity index (χ4n) is 3.52. The molecule has 3 aromatic rings. The van der Waals surface area contributed by atoms with E-state index in [4.69, 9.17) is 4.42 Å². The van der Waals surface area contributed by atoms with E-state index < -0.39 is 9.84 Å². The van der Waals surface area contributed by atoms with Gasteiger partial charge in [0.1, 0.15) is 5.76 Å². The Bertz CT molecular complexity index is 1210. The summed E-state index contributed by atoms with van der Waals surface area (Å²) >= 11 is 0. The number of nitrogens with zero attached hydrogens (tertiary/aromatic N) is 1. The first-order valence-corrected chi connectivity index (χ1v) is 12.4. The Balaban J connectivity index is 1.30. The fourth-order valence-corrected chi connectivity index (χ4v) is 5.22.